The van der Waals surface area contributed by atoms with E-state index >= 15 is 0 Å². The molecule has 19 heavy (non-hydrogen) atoms. The van der Waals surface area contributed by atoms with Crippen molar-refractivity contribution in [2.24, 2.45) is 5.92 Å². The molecule has 1 rings (SSSR count). The van der Waals surface area contributed by atoms with Crippen LogP contribution in [-0.2, 0) is 14.4 Å². The highest BCUT2D eigenvalue weighted by molar-refractivity contribution is 6.04. The van der Waals surface area contributed by atoms with Crippen LogP contribution in [0.2, 0.25) is 0 Å². The van der Waals surface area contributed by atoms with E-state index in [4.69, 9.17) is 0 Å². The molecular weight excluding hydrogens is 246 g/mol. The van der Waals surface area contributed by atoms with Gasteiger partial charge in [0.15, 0.2) is 0 Å². The Hall–Kier alpha value is -1.23. The summed E-state index contributed by atoms with van der Waals surface area (Å²) in [5, 5.41) is 10.2. The molecule has 0 aromatic carbocycles. The van der Waals surface area contributed by atoms with Gasteiger partial charge in [0, 0.05) is 24.3 Å². The van der Waals surface area contributed by atoms with Gasteiger partial charge in [0.05, 0.1) is 5.60 Å². The molecule has 0 bridgehead atoms. The minimum absolute atomic E-state index is 0.0161. The Morgan fingerprint density at radius 2 is 1.89 bits per heavy atom. The van der Waals surface area contributed by atoms with Crippen LogP contribution in [0.3, 0.4) is 0 Å². The van der Waals surface area contributed by atoms with Crippen LogP contribution < -0.4 is 0 Å². The van der Waals surface area contributed by atoms with Gasteiger partial charge in [0.2, 0.25) is 11.8 Å². The number of ketones is 1. The first-order valence-corrected chi connectivity index (χ1v) is 6.55. The van der Waals surface area contributed by atoms with Gasteiger partial charge in [-0.15, -0.1) is 0 Å². The van der Waals surface area contributed by atoms with E-state index in [1.165, 1.54) is 11.8 Å². The maximum atomic E-state index is 12.0. The molecule has 108 valence electrons. The largest absolute Gasteiger partial charge is 0.390 e. The van der Waals surface area contributed by atoms with E-state index in [-0.39, 0.29) is 42.8 Å². The molecule has 1 aliphatic rings. The van der Waals surface area contributed by atoms with Crippen LogP contribution >= 0.6 is 0 Å². The number of imide groups is 1. The average Bonchev–Trinajstić information content (AvgIpc) is 2.35. The van der Waals surface area contributed by atoms with Gasteiger partial charge < -0.3 is 5.11 Å². The zero-order valence-electron chi connectivity index (χ0n) is 12.3. The van der Waals surface area contributed by atoms with Crippen molar-refractivity contribution in [3.8, 4) is 0 Å². The number of carbonyl (C=O) groups is 3. The van der Waals surface area contributed by atoms with Crippen LogP contribution in [0.1, 0.15) is 53.9 Å². The third-order valence-electron chi connectivity index (χ3n) is 3.42. The molecule has 0 saturated carbocycles. The van der Waals surface area contributed by atoms with Crippen LogP contribution in [0, 0.1) is 5.92 Å². The number of hydrogen-bond donors (Lipinski definition) is 1. The second-order valence-corrected chi connectivity index (χ2v) is 6.54. The second-order valence-electron chi connectivity index (χ2n) is 6.54. The standard InChI is InChI=1S/C14H23NO4/c1-9-6-11(17)15(12(9)18)13(3,4)8-14(5,19)7-10(2)16/h9,19H,6-8H2,1-5H3. The summed E-state index contributed by atoms with van der Waals surface area (Å²) in [6.07, 6.45) is 0.420. The number of nitrogens with zero attached hydrogens (tertiary/aromatic N) is 1. The van der Waals surface area contributed by atoms with E-state index in [1.807, 2.05) is 0 Å². The Labute approximate surface area is 114 Å². The third-order valence-corrected chi connectivity index (χ3v) is 3.42. The quantitative estimate of drug-likeness (QED) is 0.763. The van der Waals surface area contributed by atoms with Crippen molar-refractivity contribution in [3.05, 3.63) is 0 Å². The van der Waals surface area contributed by atoms with Gasteiger partial charge >= 0.3 is 0 Å². The summed E-state index contributed by atoms with van der Waals surface area (Å²) in [7, 11) is 0. The Morgan fingerprint density at radius 1 is 1.37 bits per heavy atom. The van der Waals surface area contributed by atoms with Crippen LogP contribution in [-0.4, -0.2) is 38.7 Å². The highest BCUT2D eigenvalue weighted by Crippen LogP contribution is 2.33. The molecule has 5 heteroatoms. The summed E-state index contributed by atoms with van der Waals surface area (Å²) in [5.41, 5.74) is -2.01. The minimum Gasteiger partial charge on any atom is -0.390 e. The van der Waals surface area contributed by atoms with Crippen LogP contribution in [0.5, 0.6) is 0 Å². The summed E-state index contributed by atoms with van der Waals surface area (Å²) < 4.78 is 0. The van der Waals surface area contributed by atoms with Crippen LogP contribution in [0.4, 0.5) is 0 Å². The molecule has 5 nitrogen and oxygen atoms in total. The molecular formula is C14H23NO4. The molecule has 2 amide bonds. The molecule has 0 aliphatic carbocycles. The van der Waals surface area contributed by atoms with Crippen molar-refractivity contribution in [1.29, 1.82) is 0 Å². The van der Waals surface area contributed by atoms with Crippen molar-refractivity contribution in [1.82, 2.24) is 4.90 Å². The number of aliphatic hydroxyl groups is 1. The Bertz CT molecular complexity index is 412. The van der Waals surface area contributed by atoms with Crippen molar-refractivity contribution in [3.63, 3.8) is 0 Å². The van der Waals surface area contributed by atoms with E-state index in [0.29, 0.717) is 0 Å². The summed E-state index contributed by atoms with van der Waals surface area (Å²) in [5.74, 6) is -0.826. The lowest BCUT2D eigenvalue weighted by Crippen LogP contribution is -2.52. The van der Waals surface area contributed by atoms with Gasteiger partial charge in [-0.05, 0) is 34.1 Å². The molecule has 1 fully saturated rings. The monoisotopic (exact) mass is 269 g/mol. The smallest absolute Gasteiger partial charge is 0.233 e. The average molecular weight is 269 g/mol. The summed E-state index contributed by atoms with van der Waals surface area (Å²) in [4.78, 5) is 36.3. The molecule has 0 spiro atoms. The lowest BCUT2D eigenvalue weighted by molar-refractivity contribution is -0.147. The molecule has 1 aliphatic heterocycles. The molecule has 2 atom stereocenters. The summed E-state index contributed by atoms with van der Waals surface area (Å²) >= 11 is 0. The zero-order valence-corrected chi connectivity index (χ0v) is 12.3. The van der Waals surface area contributed by atoms with Gasteiger partial charge in [-0.1, -0.05) is 6.92 Å². The first-order chi connectivity index (χ1) is 8.46. The lowest BCUT2D eigenvalue weighted by Gasteiger charge is -2.39. The fourth-order valence-corrected chi connectivity index (χ4v) is 3.03. The van der Waals surface area contributed by atoms with E-state index < -0.39 is 11.1 Å². The number of amides is 2. The zero-order chi connectivity index (χ0) is 15.0. The lowest BCUT2D eigenvalue weighted by atomic mass is 9.84. The molecule has 0 aromatic rings. The predicted octanol–water partition coefficient (Wildman–Crippen LogP) is 1.28. The van der Waals surface area contributed by atoms with Crippen molar-refractivity contribution in [2.45, 2.75) is 65.0 Å². The summed E-state index contributed by atoms with van der Waals surface area (Å²) in [6, 6.07) is 0. The first-order valence-electron chi connectivity index (χ1n) is 6.55. The van der Waals surface area contributed by atoms with Gasteiger partial charge in [-0.25, -0.2) is 0 Å². The number of Topliss-reactive ketones (excluding diaryl/α,β-unsaturated/α-hetero) is 1. The normalized spacial score (nSPS) is 23.7. The SMILES string of the molecule is CC(=O)CC(C)(O)CC(C)(C)N1C(=O)CC(C)C1=O. The van der Waals surface area contributed by atoms with Gasteiger partial charge in [-0.2, -0.15) is 0 Å². The van der Waals surface area contributed by atoms with Crippen molar-refractivity contribution >= 4 is 17.6 Å². The Balaban J connectivity index is 2.89. The van der Waals surface area contributed by atoms with Crippen LogP contribution in [0.25, 0.3) is 0 Å². The van der Waals surface area contributed by atoms with Crippen LogP contribution in [0.15, 0.2) is 0 Å². The van der Waals surface area contributed by atoms with Gasteiger partial charge in [-0.3, -0.25) is 19.3 Å². The van der Waals surface area contributed by atoms with Crippen molar-refractivity contribution < 1.29 is 19.5 Å². The maximum Gasteiger partial charge on any atom is 0.233 e. The van der Waals surface area contributed by atoms with E-state index in [0.717, 1.165) is 0 Å². The number of rotatable bonds is 5. The molecule has 0 radical (unpaired) electrons. The highest BCUT2D eigenvalue weighted by Gasteiger charge is 2.46. The van der Waals surface area contributed by atoms with E-state index in [1.54, 1.807) is 27.7 Å². The minimum atomic E-state index is -1.22. The fourth-order valence-electron chi connectivity index (χ4n) is 3.03. The molecule has 1 saturated heterocycles. The number of hydrogen-bond acceptors (Lipinski definition) is 4. The van der Waals surface area contributed by atoms with Gasteiger partial charge in [0.1, 0.15) is 5.78 Å². The van der Waals surface area contributed by atoms with E-state index in [9.17, 15) is 19.5 Å². The second kappa shape index (κ2) is 5.04. The van der Waals surface area contributed by atoms with E-state index in [2.05, 4.69) is 0 Å². The summed E-state index contributed by atoms with van der Waals surface area (Å²) in [6.45, 7) is 8.19. The topological polar surface area (TPSA) is 74.7 Å². The maximum absolute atomic E-state index is 12.0. The Morgan fingerprint density at radius 3 is 2.26 bits per heavy atom. The molecule has 1 N–H and O–H groups in total. The number of likely N-dealkylation sites (tertiary alicyclic amines) is 1. The highest BCUT2D eigenvalue weighted by atomic mass is 16.3. The molecule has 2 unspecified atom stereocenters. The van der Waals surface area contributed by atoms with Crippen molar-refractivity contribution in [2.75, 3.05) is 0 Å². The molecule has 0 aromatic heterocycles. The predicted molar refractivity (Wildman–Crippen MR) is 70.3 cm³/mol. The van der Waals surface area contributed by atoms with Gasteiger partial charge in [0.25, 0.3) is 0 Å². The third kappa shape index (κ3) is 3.62. The number of carbonyl (C=O) groups excluding carboxylic acids is 3. The first kappa shape index (κ1) is 15.8. The Kier molecular flexibility index (Phi) is 4.20. The fraction of sp³-hybridized carbons (Fsp3) is 0.786. The molecule has 1 heterocycles.